The lowest BCUT2D eigenvalue weighted by Gasteiger charge is -2.30. The third-order valence-electron chi connectivity index (χ3n) is 3.03. The Morgan fingerprint density at radius 1 is 1.47 bits per heavy atom. The maximum atomic E-state index is 12.0. The van der Waals surface area contributed by atoms with E-state index in [9.17, 15) is 13.2 Å². The van der Waals surface area contributed by atoms with Crippen molar-refractivity contribution in [2.45, 2.75) is 31.9 Å². The van der Waals surface area contributed by atoms with Crippen molar-refractivity contribution in [3.05, 3.63) is 11.7 Å². The number of aryl methyl sites for hydroxylation is 1. The topological polar surface area (TPSA) is 51.0 Å². The van der Waals surface area contributed by atoms with Gasteiger partial charge in [-0.25, -0.2) is 0 Å². The molecule has 0 saturated carbocycles. The first-order chi connectivity index (χ1) is 7.96. The van der Waals surface area contributed by atoms with Crippen LogP contribution in [0.3, 0.4) is 0 Å². The normalized spacial score (nSPS) is 19.1. The van der Waals surface area contributed by atoms with Crippen molar-refractivity contribution in [2.75, 3.05) is 13.1 Å². The van der Waals surface area contributed by atoms with Gasteiger partial charge in [0, 0.05) is 12.3 Å². The van der Waals surface area contributed by atoms with Crippen LogP contribution < -0.4 is 5.32 Å². The minimum absolute atomic E-state index is 0.100. The molecule has 1 unspecified atom stereocenters. The lowest BCUT2D eigenvalue weighted by molar-refractivity contribution is -0.134. The number of hydrogen-bond acceptors (Lipinski definition) is 4. The zero-order valence-corrected chi connectivity index (χ0v) is 9.42. The number of halogens is 3. The molecule has 0 bridgehead atoms. The van der Waals surface area contributed by atoms with Gasteiger partial charge in [-0.05, 0) is 19.0 Å². The fourth-order valence-electron chi connectivity index (χ4n) is 1.67. The number of alkyl halides is 3. The summed E-state index contributed by atoms with van der Waals surface area (Å²) in [5.74, 6) is 1.11. The Bertz CT molecular complexity index is 373. The van der Waals surface area contributed by atoms with Crippen LogP contribution in [0.25, 0.3) is 0 Å². The number of hydrogen-bond donors (Lipinski definition) is 1. The van der Waals surface area contributed by atoms with Crippen molar-refractivity contribution in [3.63, 3.8) is 0 Å². The van der Waals surface area contributed by atoms with Crippen LogP contribution in [0.4, 0.5) is 13.2 Å². The summed E-state index contributed by atoms with van der Waals surface area (Å²) in [5, 5.41) is 6.70. The van der Waals surface area contributed by atoms with Gasteiger partial charge in [0.05, 0.1) is 6.42 Å². The number of rotatable bonds is 4. The molecule has 1 aliphatic rings. The van der Waals surface area contributed by atoms with Crippen molar-refractivity contribution in [3.8, 4) is 0 Å². The second-order valence-corrected chi connectivity index (χ2v) is 4.37. The average molecular weight is 249 g/mol. The third-order valence-corrected chi connectivity index (χ3v) is 3.03. The first-order valence-electron chi connectivity index (χ1n) is 5.55. The van der Waals surface area contributed by atoms with Gasteiger partial charge in [0.2, 0.25) is 5.89 Å². The highest BCUT2D eigenvalue weighted by Gasteiger charge is 2.30. The molecule has 2 heterocycles. The predicted molar refractivity (Wildman–Crippen MR) is 53.4 cm³/mol. The SMILES string of the molecule is CC(c1nc(CCC(F)(F)F)no1)C1CNC1. The number of aromatic nitrogens is 2. The van der Waals surface area contributed by atoms with E-state index in [1.807, 2.05) is 6.92 Å². The van der Waals surface area contributed by atoms with Crippen LogP contribution in [0.1, 0.15) is 31.0 Å². The van der Waals surface area contributed by atoms with Gasteiger partial charge in [-0.2, -0.15) is 18.2 Å². The smallest absolute Gasteiger partial charge is 0.339 e. The Balaban J connectivity index is 1.91. The van der Waals surface area contributed by atoms with Crippen molar-refractivity contribution in [1.82, 2.24) is 15.5 Å². The number of nitrogens with one attached hydrogen (secondary N) is 1. The Morgan fingerprint density at radius 3 is 2.71 bits per heavy atom. The summed E-state index contributed by atoms with van der Waals surface area (Å²) in [6, 6.07) is 0. The summed E-state index contributed by atoms with van der Waals surface area (Å²) in [6.45, 7) is 3.73. The second kappa shape index (κ2) is 4.64. The zero-order chi connectivity index (χ0) is 12.5. The van der Waals surface area contributed by atoms with Gasteiger partial charge in [0.1, 0.15) is 0 Å². The zero-order valence-electron chi connectivity index (χ0n) is 9.42. The predicted octanol–water partition coefficient (Wildman–Crippen LogP) is 1.89. The first-order valence-corrected chi connectivity index (χ1v) is 5.55. The van der Waals surface area contributed by atoms with Crippen molar-refractivity contribution in [2.24, 2.45) is 5.92 Å². The van der Waals surface area contributed by atoms with Crippen LogP contribution in [0, 0.1) is 5.92 Å². The molecule has 96 valence electrons. The molecule has 4 nitrogen and oxygen atoms in total. The fourth-order valence-corrected chi connectivity index (χ4v) is 1.67. The maximum absolute atomic E-state index is 12.0. The summed E-state index contributed by atoms with van der Waals surface area (Å²) in [4.78, 5) is 4.01. The van der Waals surface area contributed by atoms with E-state index in [2.05, 4.69) is 15.5 Å². The van der Waals surface area contributed by atoms with Gasteiger partial charge < -0.3 is 9.84 Å². The summed E-state index contributed by atoms with van der Waals surface area (Å²) < 4.78 is 41.0. The van der Waals surface area contributed by atoms with Crippen LogP contribution in [0.5, 0.6) is 0 Å². The molecule has 0 spiro atoms. The van der Waals surface area contributed by atoms with Crippen molar-refractivity contribution in [1.29, 1.82) is 0 Å². The second-order valence-electron chi connectivity index (χ2n) is 4.37. The molecule has 2 rings (SSSR count). The molecule has 1 aliphatic heterocycles. The van der Waals surface area contributed by atoms with Gasteiger partial charge in [0.15, 0.2) is 5.82 Å². The summed E-state index contributed by atoms with van der Waals surface area (Å²) in [6.07, 6.45) is -5.31. The van der Waals surface area contributed by atoms with E-state index >= 15 is 0 Å². The molecule has 1 N–H and O–H groups in total. The molecule has 0 aliphatic carbocycles. The Morgan fingerprint density at radius 2 is 2.18 bits per heavy atom. The van der Waals surface area contributed by atoms with Crippen molar-refractivity contribution < 1.29 is 17.7 Å². The molecule has 1 aromatic rings. The standard InChI is InChI=1S/C10H14F3N3O/c1-6(7-4-14-5-7)9-15-8(16-17-9)2-3-10(11,12)13/h6-7,14H,2-5H2,1H3. The monoisotopic (exact) mass is 249 g/mol. The molecule has 17 heavy (non-hydrogen) atoms. The summed E-state index contributed by atoms with van der Waals surface area (Å²) >= 11 is 0. The molecule has 1 saturated heterocycles. The highest BCUT2D eigenvalue weighted by atomic mass is 19.4. The third kappa shape index (κ3) is 3.18. The van der Waals surface area contributed by atoms with Crippen LogP contribution >= 0.6 is 0 Å². The lowest BCUT2D eigenvalue weighted by Crippen LogP contribution is -2.44. The Hall–Kier alpha value is -1.11. The Labute approximate surface area is 96.6 Å². The molecule has 0 aromatic carbocycles. The van der Waals surface area contributed by atoms with E-state index < -0.39 is 12.6 Å². The van der Waals surface area contributed by atoms with E-state index in [1.165, 1.54) is 0 Å². The van der Waals surface area contributed by atoms with Crippen LogP contribution in [0.2, 0.25) is 0 Å². The first kappa shape index (κ1) is 12.3. The molecule has 1 aromatic heterocycles. The highest BCUT2D eigenvalue weighted by molar-refractivity contribution is 4.98. The maximum Gasteiger partial charge on any atom is 0.389 e. The van der Waals surface area contributed by atoms with E-state index in [0.717, 1.165) is 13.1 Å². The highest BCUT2D eigenvalue weighted by Crippen LogP contribution is 2.26. The van der Waals surface area contributed by atoms with Gasteiger partial charge in [-0.15, -0.1) is 0 Å². The Kier molecular flexibility index (Phi) is 3.37. The molecule has 1 fully saturated rings. The minimum atomic E-state index is -4.18. The average Bonchev–Trinajstić information content (AvgIpc) is 2.58. The van der Waals surface area contributed by atoms with Crippen LogP contribution in [-0.2, 0) is 6.42 Å². The minimum Gasteiger partial charge on any atom is -0.339 e. The van der Waals surface area contributed by atoms with Gasteiger partial charge in [-0.3, -0.25) is 0 Å². The fraction of sp³-hybridized carbons (Fsp3) is 0.800. The molecule has 1 atom stereocenters. The van der Waals surface area contributed by atoms with Crippen molar-refractivity contribution >= 4 is 0 Å². The van der Waals surface area contributed by atoms with Crippen LogP contribution in [0.15, 0.2) is 4.52 Å². The van der Waals surface area contributed by atoms with E-state index in [1.54, 1.807) is 0 Å². The quantitative estimate of drug-likeness (QED) is 0.885. The number of nitrogens with zero attached hydrogens (tertiary/aromatic N) is 2. The lowest BCUT2D eigenvalue weighted by atomic mass is 9.89. The molecular weight excluding hydrogens is 235 g/mol. The summed E-state index contributed by atoms with van der Waals surface area (Å²) in [7, 11) is 0. The van der Waals surface area contributed by atoms with E-state index in [0.29, 0.717) is 11.8 Å². The molecule has 0 amide bonds. The molecular formula is C10H14F3N3O. The van der Waals surface area contributed by atoms with E-state index in [-0.39, 0.29) is 18.2 Å². The summed E-state index contributed by atoms with van der Waals surface area (Å²) in [5.41, 5.74) is 0. The van der Waals surface area contributed by atoms with E-state index in [4.69, 9.17) is 4.52 Å². The largest absolute Gasteiger partial charge is 0.389 e. The van der Waals surface area contributed by atoms with Gasteiger partial charge in [0.25, 0.3) is 0 Å². The van der Waals surface area contributed by atoms with Gasteiger partial charge in [-0.1, -0.05) is 12.1 Å². The van der Waals surface area contributed by atoms with Gasteiger partial charge >= 0.3 is 6.18 Å². The molecule has 0 radical (unpaired) electrons. The van der Waals surface area contributed by atoms with Crippen LogP contribution in [-0.4, -0.2) is 29.4 Å². The molecule has 7 heteroatoms.